The summed E-state index contributed by atoms with van der Waals surface area (Å²) in [4.78, 5) is 12.9. The Bertz CT molecular complexity index is 1260. The van der Waals surface area contributed by atoms with Crippen molar-refractivity contribution in [3.63, 3.8) is 0 Å². The number of anilines is 2. The van der Waals surface area contributed by atoms with E-state index >= 15 is 0 Å². The molecule has 0 radical (unpaired) electrons. The van der Waals surface area contributed by atoms with Crippen LogP contribution in [0.25, 0.3) is 0 Å². The van der Waals surface area contributed by atoms with Gasteiger partial charge in [0, 0.05) is 11.6 Å². The van der Waals surface area contributed by atoms with E-state index in [1.165, 1.54) is 16.4 Å². The number of fused-ring (bicyclic) bond motifs is 1. The molecule has 166 valence electrons. The highest BCUT2D eigenvalue weighted by Gasteiger charge is 2.36. The lowest BCUT2D eigenvalue weighted by Crippen LogP contribution is -2.35. The van der Waals surface area contributed by atoms with E-state index in [0.29, 0.717) is 35.7 Å². The summed E-state index contributed by atoms with van der Waals surface area (Å²) in [6, 6.07) is 16.6. The SMILES string of the molecule is CCOc1ccccc1NC(=O)c1ccc2c(c1)C[C@H](C)N2S(=O)(=O)c1ccc(F)cc1. The van der Waals surface area contributed by atoms with Gasteiger partial charge in [-0.05, 0) is 80.4 Å². The van der Waals surface area contributed by atoms with Crippen LogP contribution in [-0.4, -0.2) is 27.0 Å². The number of hydrogen-bond donors (Lipinski definition) is 1. The number of hydrogen-bond acceptors (Lipinski definition) is 4. The van der Waals surface area contributed by atoms with Gasteiger partial charge in [0.2, 0.25) is 0 Å². The molecule has 1 amide bonds. The summed E-state index contributed by atoms with van der Waals surface area (Å²) in [7, 11) is -3.86. The first kappa shape index (κ1) is 21.8. The fourth-order valence-electron chi connectivity index (χ4n) is 3.88. The summed E-state index contributed by atoms with van der Waals surface area (Å²) in [5.41, 5.74) is 2.26. The number of ether oxygens (including phenoxy) is 1. The number of rotatable bonds is 6. The van der Waals surface area contributed by atoms with Gasteiger partial charge in [-0.2, -0.15) is 0 Å². The molecule has 1 aliphatic rings. The Kier molecular flexibility index (Phi) is 5.88. The quantitative estimate of drug-likeness (QED) is 0.590. The number of amides is 1. The largest absolute Gasteiger partial charge is 0.492 e. The molecule has 1 atom stereocenters. The Hall–Kier alpha value is -3.39. The van der Waals surface area contributed by atoms with Gasteiger partial charge in [-0.3, -0.25) is 9.10 Å². The van der Waals surface area contributed by atoms with Crippen molar-refractivity contribution in [3.8, 4) is 5.75 Å². The van der Waals surface area contributed by atoms with Crippen LogP contribution in [0.1, 0.15) is 29.8 Å². The molecule has 3 aromatic carbocycles. The van der Waals surface area contributed by atoms with E-state index in [-0.39, 0.29) is 16.8 Å². The van der Waals surface area contributed by atoms with Gasteiger partial charge in [-0.1, -0.05) is 12.1 Å². The fraction of sp³-hybridized carbons (Fsp3) is 0.208. The summed E-state index contributed by atoms with van der Waals surface area (Å²) in [6.45, 7) is 4.15. The van der Waals surface area contributed by atoms with Crippen molar-refractivity contribution >= 4 is 27.3 Å². The van der Waals surface area contributed by atoms with Crippen molar-refractivity contribution in [1.82, 2.24) is 0 Å². The molecule has 0 spiro atoms. The van der Waals surface area contributed by atoms with Crippen LogP contribution in [0.3, 0.4) is 0 Å². The third kappa shape index (κ3) is 4.05. The van der Waals surface area contributed by atoms with Crippen LogP contribution in [0.15, 0.2) is 71.6 Å². The molecule has 8 heteroatoms. The van der Waals surface area contributed by atoms with Gasteiger partial charge < -0.3 is 10.1 Å². The third-order valence-electron chi connectivity index (χ3n) is 5.30. The van der Waals surface area contributed by atoms with Crippen LogP contribution in [0.4, 0.5) is 15.8 Å². The van der Waals surface area contributed by atoms with Gasteiger partial charge in [-0.15, -0.1) is 0 Å². The monoisotopic (exact) mass is 454 g/mol. The Balaban J connectivity index is 1.62. The van der Waals surface area contributed by atoms with Crippen LogP contribution in [-0.2, 0) is 16.4 Å². The lowest BCUT2D eigenvalue weighted by Gasteiger charge is -2.24. The van der Waals surface area contributed by atoms with Crippen LogP contribution < -0.4 is 14.4 Å². The Morgan fingerprint density at radius 3 is 2.56 bits per heavy atom. The number of para-hydroxylation sites is 2. The van der Waals surface area contributed by atoms with Gasteiger partial charge >= 0.3 is 0 Å². The molecular formula is C24H23FN2O4S. The van der Waals surface area contributed by atoms with Gasteiger partial charge in [-0.25, -0.2) is 12.8 Å². The van der Waals surface area contributed by atoms with Crippen LogP contribution in [0.2, 0.25) is 0 Å². The second-order valence-electron chi connectivity index (χ2n) is 7.53. The number of carbonyl (C=O) groups is 1. The van der Waals surface area contributed by atoms with Gasteiger partial charge in [0.1, 0.15) is 11.6 Å². The molecule has 1 N–H and O–H groups in total. The predicted octanol–water partition coefficient (Wildman–Crippen LogP) is 4.62. The van der Waals surface area contributed by atoms with E-state index in [0.717, 1.165) is 17.7 Å². The van der Waals surface area contributed by atoms with Gasteiger partial charge in [0.25, 0.3) is 15.9 Å². The first-order chi connectivity index (χ1) is 15.3. The van der Waals surface area contributed by atoms with E-state index in [1.54, 1.807) is 43.3 Å². The van der Waals surface area contributed by atoms with Crippen molar-refractivity contribution in [2.24, 2.45) is 0 Å². The third-order valence-corrected chi connectivity index (χ3v) is 7.24. The average molecular weight is 455 g/mol. The van der Waals surface area contributed by atoms with Crippen molar-refractivity contribution in [1.29, 1.82) is 0 Å². The standard InChI is InChI=1S/C24H23FN2O4S/c1-3-31-23-7-5-4-6-21(23)26-24(28)17-8-13-22-18(15-17)14-16(2)27(22)32(29,30)20-11-9-19(25)10-12-20/h4-13,15-16H,3,14H2,1-2H3,(H,26,28)/t16-/m0/s1. The zero-order valence-corrected chi connectivity index (χ0v) is 18.5. The summed E-state index contributed by atoms with van der Waals surface area (Å²) in [5.74, 6) is -0.234. The molecule has 1 aliphatic heterocycles. The van der Waals surface area contributed by atoms with Gasteiger partial charge in [0.15, 0.2) is 0 Å². The minimum absolute atomic E-state index is 0.0213. The molecule has 0 saturated heterocycles. The highest BCUT2D eigenvalue weighted by Crippen LogP contribution is 2.37. The Labute approximate surface area is 186 Å². The number of nitrogens with one attached hydrogen (secondary N) is 1. The van der Waals surface area contributed by atoms with Crippen molar-refractivity contribution in [2.75, 3.05) is 16.2 Å². The number of nitrogens with zero attached hydrogens (tertiary/aromatic N) is 1. The van der Waals surface area contributed by atoms with Crippen LogP contribution in [0, 0.1) is 5.82 Å². The van der Waals surface area contributed by atoms with Crippen molar-refractivity contribution in [2.45, 2.75) is 31.2 Å². The lowest BCUT2D eigenvalue weighted by molar-refractivity contribution is 0.102. The number of carbonyl (C=O) groups excluding carboxylic acids is 1. The van der Waals surface area contributed by atoms with E-state index < -0.39 is 15.8 Å². The molecule has 6 nitrogen and oxygen atoms in total. The topological polar surface area (TPSA) is 75.7 Å². The molecule has 0 unspecified atom stereocenters. The first-order valence-electron chi connectivity index (χ1n) is 10.3. The molecular weight excluding hydrogens is 431 g/mol. The second kappa shape index (κ2) is 8.63. The van der Waals surface area contributed by atoms with Crippen molar-refractivity contribution < 1.29 is 22.3 Å². The minimum Gasteiger partial charge on any atom is -0.492 e. The zero-order chi connectivity index (χ0) is 22.9. The number of halogens is 1. The van der Waals surface area contributed by atoms with Crippen LogP contribution >= 0.6 is 0 Å². The summed E-state index contributed by atoms with van der Waals surface area (Å²) < 4.78 is 46.5. The smallest absolute Gasteiger partial charge is 0.264 e. The molecule has 1 heterocycles. The maximum Gasteiger partial charge on any atom is 0.264 e. The number of benzene rings is 3. The molecule has 0 aromatic heterocycles. The molecule has 0 saturated carbocycles. The fourth-order valence-corrected chi connectivity index (χ4v) is 5.57. The molecule has 4 rings (SSSR count). The molecule has 0 bridgehead atoms. The maximum atomic E-state index is 13.3. The molecule has 32 heavy (non-hydrogen) atoms. The highest BCUT2D eigenvalue weighted by atomic mass is 32.2. The normalized spacial score (nSPS) is 15.3. The average Bonchev–Trinajstić information content (AvgIpc) is 3.11. The highest BCUT2D eigenvalue weighted by molar-refractivity contribution is 7.92. The predicted molar refractivity (Wildman–Crippen MR) is 121 cm³/mol. The second-order valence-corrected chi connectivity index (χ2v) is 9.35. The van der Waals surface area contributed by atoms with E-state index in [2.05, 4.69) is 5.32 Å². The summed E-state index contributed by atoms with van der Waals surface area (Å²) in [6.07, 6.45) is 0.465. The van der Waals surface area contributed by atoms with E-state index in [9.17, 15) is 17.6 Å². The van der Waals surface area contributed by atoms with Gasteiger partial charge in [0.05, 0.1) is 22.9 Å². The van der Waals surface area contributed by atoms with E-state index in [1.807, 2.05) is 13.0 Å². The molecule has 3 aromatic rings. The first-order valence-corrected chi connectivity index (χ1v) is 11.7. The van der Waals surface area contributed by atoms with Crippen LogP contribution in [0.5, 0.6) is 5.75 Å². The Morgan fingerprint density at radius 1 is 1.12 bits per heavy atom. The maximum absolute atomic E-state index is 13.3. The molecule has 0 aliphatic carbocycles. The summed E-state index contributed by atoms with van der Waals surface area (Å²) >= 11 is 0. The van der Waals surface area contributed by atoms with E-state index in [4.69, 9.17) is 4.74 Å². The zero-order valence-electron chi connectivity index (χ0n) is 17.7. The lowest BCUT2D eigenvalue weighted by atomic mass is 10.1. The Morgan fingerprint density at radius 2 is 1.84 bits per heavy atom. The molecule has 0 fully saturated rings. The van der Waals surface area contributed by atoms with Crippen molar-refractivity contribution in [3.05, 3.63) is 83.7 Å². The number of sulfonamides is 1. The minimum atomic E-state index is -3.86. The summed E-state index contributed by atoms with van der Waals surface area (Å²) in [5, 5.41) is 2.86.